The standard InChI is InChI=1S/C12H12BrClF3NO/c13-10-5-8(12(15,16)17)1-2-11(10)18-3-4-19-9(6-14)7-18/h1-2,5,9H,3-4,6-7H2. The zero-order valence-electron chi connectivity index (χ0n) is 9.88. The Morgan fingerprint density at radius 1 is 1.42 bits per heavy atom. The average molecular weight is 359 g/mol. The molecule has 1 heterocycles. The van der Waals surface area contributed by atoms with E-state index in [1.54, 1.807) is 0 Å². The molecule has 0 radical (unpaired) electrons. The van der Waals surface area contributed by atoms with Crippen LogP contribution in [0.3, 0.4) is 0 Å². The van der Waals surface area contributed by atoms with Gasteiger partial charge < -0.3 is 9.64 Å². The molecule has 1 aliphatic rings. The number of anilines is 1. The smallest absolute Gasteiger partial charge is 0.373 e. The molecule has 0 amide bonds. The molecule has 0 spiro atoms. The van der Waals surface area contributed by atoms with Crippen LogP contribution in [0.15, 0.2) is 22.7 Å². The summed E-state index contributed by atoms with van der Waals surface area (Å²) in [6, 6.07) is 3.66. The van der Waals surface area contributed by atoms with Crippen LogP contribution >= 0.6 is 27.5 Å². The first-order valence-corrected chi connectivity index (χ1v) is 7.04. The molecule has 0 bridgehead atoms. The van der Waals surface area contributed by atoms with E-state index in [2.05, 4.69) is 15.9 Å². The van der Waals surface area contributed by atoms with Gasteiger partial charge in [-0.25, -0.2) is 0 Å². The van der Waals surface area contributed by atoms with Gasteiger partial charge in [0.05, 0.1) is 29.8 Å². The summed E-state index contributed by atoms with van der Waals surface area (Å²) in [6.45, 7) is 1.73. The minimum Gasteiger partial charge on any atom is -0.373 e. The van der Waals surface area contributed by atoms with Crippen molar-refractivity contribution in [3.8, 4) is 0 Å². The molecule has 1 aliphatic heterocycles. The van der Waals surface area contributed by atoms with Crippen molar-refractivity contribution in [3.63, 3.8) is 0 Å². The Kier molecular flexibility index (Phi) is 4.63. The second-order valence-corrected chi connectivity index (χ2v) is 5.42. The fourth-order valence-electron chi connectivity index (χ4n) is 1.97. The highest BCUT2D eigenvalue weighted by molar-refractivity contribution is 9.10. The van der Waals surface area contributed by atoms with Crippen molar-refractivity contribution >= 4 is 33.2 Å². The van der Waals surface area contributed by atoms with Gasteiger partial charge >= 0.3 is 6.18 Å². The van der Waals surface area contributed by atoms with Gasteiger partial charge in [-0.2, -0.15) is 13.2 Å². The summed E-state index contributed by atoms with van der Waals surface area (Å²) in [7, 11) is 0. The number of rotatable bonds is 2. The number of halogens is 5. The summed E-state index contributed by atoms with van der Waals surface area (Å²) in [4.78, 5) is 1.97. The first-order chi connectivity index (χ1) is 8.91. The van der Waals surface area contributed by atoms with E-state index >= 15 is 0 Å². The van der Waals surface area contributed by atoms with Crippen LogP contribution in [0.1, 0.15) is 5.56 Å². The van der Waals surface area contributed by atoms with E-state index in [0.29, 0.717) is 30.0 Å². The van der Waals surface area contributed by atoms with Crippen LogP contribution in [-0.4, -0.2) is 31.7 Å². The van der Waals surface area contributed by atoms with Gasteiger partial charge in [0.25, 0.3) is 0 Å². The number of benzene rings is 1. The lowest BCUT2D eigenvalue weighted by atomic mass is 10.1. The largest absolute Gasteiger partial charge is 0.416 e. The second kappa shape index (κ2) is 5.89. The molecule has 1 aromatic carbocycles. The molecule has 1 saturated heterocycles. The van der Waals surface area contributed by atoms with Crippen LogP contribution in [0.5, 0.6) is 0 Å². The van der Waals surface area contributed by atoms with Crippen LogP contribution in [0, 0.1) is 0 Å². The molecule has 106 valence electrons. The van der Waals surface area contributed by atoms with E-state index in [1.807, 2.05) is 4.90 Å². The van der Waals surface area contributed by atoms with E-state index in [4.69, 9.17) is 16.3 Å². The lowest BCUT2D eigenvalue weighted by molar-refractivity contribution is -0.137. The van der Waals surface area contributed by atoms with Crippen molar-refractivity contribution in [2.24, 2.45) is 0 Å². The lowest BCUT2D eigenvalue weighted by Gasteiger charge is -2.34. The van der Waals surface area contributed by atoms with E-state index in [1.165, 1.54) is 6.07 Å². The van der Waals surface area contributed by atoms with Crippen molar-refractivity contribution in [1.29, 1.82) is 0 Å². The van der Waals surface area contributed by atoms with Crippen molar-refractivity contribution in [1.82, 2.24) is 0 Å². The van der Waals surface area contributed by atoms with Crippen molar-refractivity contribution in [3.05, 3.63) is 28.2 Å². The van der Waals surface area contributed by atoms with Gasteiger partial charge in [0.15, 0.2) is 0 Å². The van der Waals surface area contributed by atoms with Gasteiger partial charge in [-0.05, 0) is 34.1 Å². The summed E-state index contributed by atoms with van der Waals surface area (Å²) in [5.41, 5.74) is 0.0664. The molecule has 0 aromatic heterocycles. The Morgan fingerprint density at radius 3 is 2.74 bits per heavy atom. The fourth-order valence-corrected chi connectivity index (χ4v) is 2.79. The van der Waals surface area contributed by atoms with Crippen LogP contribution < -0.4 is 4.90 Å². The summed E-state index contributed by atoms with van der Waals surface area (Å²) in [5, 5.41) is 0. The average Bonchev–Trinajstić information content (AvgIpc) is 2.37. The minimum absolute atomic E-state index is 0.0930. The predicted molar refractivity (Wildman–Crippen MR) is 71.8 cm³/mol. The molecule has 7 heteroatoms. The van der Waals surface area contributed by atoms with Gasteiger partial charge in [0, 0.05) is 17.6 Å². The Labute approximate surface area is 122 Å². The van der Waals surface area contributed by atoms with E-state index in [0.717, 1.165) is 17.8 Å². The number of hydrogen-bond donors (Lipinski definition) is 0. The topological polar surface area (TPSA) is 12.5 Å². The quantitative estimate of drug-likeness (QED) is 0.743. The Balaban J connectivity index is 2.21. The molecule has 1 aromatic rings. The third kappa shape index (κ3) is 3.55. The van der Waals surface area contributed by atoms with E-state index in [9.17, 15) is 13.2 Å². The van der Waals surface area contributed by atoms with Crippen molar-refractivity contribution < 1.29 is 17.9 Å². The van der Waals surface area contributed by atoms with Crippen molar-refractivity contribution in [2.45, 2.75) is 12.3 Å². The summed E-state index contributed by atoms with van der Waals surface area (Å²) >= 11 is 8.95. The number of hydrogen-bond acceptors (Lipinski definition) is 2. The summed E-state index contributed by atoms with van der Waals surface area (Å²) in [5.74, 6) is 0.370. The van der Waals surface area contributed by atoms with E-state index < -0.39 is 11.7 Å². The van der Waals surface area contributed by atoms with Gasteiger partial charge in [-0.15, -0.1) is 11.6 Å². The zero-order valence-corrected chi connectivity index (χ0v) is 12.2. The van der Waals surface area contributed by atoms with Crippen LogP contribution in [0.2, 0.25) is 0 Å². The van der Waals surface area contributed by atoms with Gasteiger partial charge in [-0.3, -0.25) is 0 Å². The molecule has 19 heavy (non-hydrogen) atoms. The zero-order chi connectivity index (χ0) is 14.0. The van der Waals surface area contributed by atoms with E-state index in [-0.39, 0.29) is 6.10 Å². The molecular formula is C12H12BrClF3NO. The number of morpholine rings is 1. The third-order valence-corrected chi connectivity index (χ3v) is 3.91. The second-order valence-electron chi connectivity index (χ2n) is 4.26. The Bertz CT molecular complexity index is 455. The molecule has 0 N–H and O–H groups in total. The van der Waals surface area contributed by atoms with Crippen molar-refractivity contribution in [2.75, 3.05) is 30.5 Å². The highest BCUT2D eigenvalue weighted by Crippen LogP contribution is 2.35. The van der Waals surface area contributed by atoms with Crippen LogP contribution in [-0.2, 0) is 10.9 Å². The summed E-state index contributed by atoms with van der Waals surface area (Å²) < 4.78 is 43.6. The maximum absolute atomic E-state index is 12.6. The normalized spacial score (nSPS) is 20.7. The molecule has 2 nitrogen and oxygen atoms in total. The minimum atomic E-state index is -4.33. The first-order valence-electron chi connectivity index (χ1n) is 5.71. The summed E-state index contributed by atoms with van der Waals surface area (Å²) in [6.07, 6.45) is -4.42. The molecular weight excluding hydrogens is 346 g/mol. The Morgan fingerprint density at radius 2 is 2.16 bits per heavy atom. The fraction of sp³-hybridized carbons (Fsp3) is 0.500. The van der Waals surface area contributed by atoms with Crippen LogP contribution in [0.4, 0.5) is 18.9 Å². The first kappa shape index (κ1) is 14.9. The van der Waals surface area contributed by atoms with Gasteiger partial charge in [0.2, 0.25) is 0 Å². The number of ether oxygens (including phenoxy) is 1. The number of alkyl halides is 4. The highest BCUT2D eigenvalue weighted by atomic mass is 79.9. The van der Waals surface area contributed by atoms with Gasteiger partial charge in [0.1, 0.15) is 0 Å². The molecule has 0 aliphatic carbocycles. The highest BCUT2D eigenvalue weighted by Gasteiger charge is 2.31. The lowest BCUT2D eigenvalue weighted by Crippen LogP contribution is -2.43. The molecule has 1 fully saturated rings. The number of nitrogens with zero attached hydrogens (tertiary/aromatic N) is 1. The maximum atomic E-state index is 12.6. The maximum Gasteiger partial charge on any atom is 0.416 e. The predicted octanol–water partition coefficient (Wildman–Crippen LogP) is 3.91. The molecule has 1 atom stereocenters. The Hall–Kier alpha value is -0.460. The monoisotopic (exact) mass is 357 g/mol. The molecule has 2 rings (SSSR count). The van der Waals surface area contributed by atoms with Crippen LogP contribution in [0.25, 0.3) is 0 Å². The molecule has 1 unspecified atom stereocenters. The molecule has 0 saturated carbocycles. The van der Waals surface area contributed by atoms with Gasteiger partial charge in [-0.1, -0.05) is 0 Å². The SMILES string of the molecule is FC(F)(F)c1ccc(N2CCOC(CCl)C2)c(Br)c1. The third-order valence-electron chi connectivity index (χ3n) is 2.93.